The van der Waals surface area contributed by atoms with E-state index in [4.69, 9.17) is 0 Å². The minimum atomic E-state index is -0.304. The Labute approximate surface area is 117 Å². The fourth-order valence-electron chi connectivity index (χ4n) is 1.61. The van der Waals surface area contributed by atoms with Crippen LogP contribution in [0, 0.1) is 5.82 Å². The molecule has 2 aromatic carbocycles. The molecule has 3 nitrogen and oxygen atoms in total. The summed E-state index contributed by atoms with van der Waals surface area (Å²) < 4.78 is 12.7. The van der Waals surface area contributed by atoms with Gasteiger partial charge in [0, 0.05) is 12.7 Å². The lowest BCUT2D eigenvalue weighted by Crippen LogP contribution is -2.31. The number of hydrogen-bond donors (Lipinski definition) is 2. The minimum Gasteiger partial charge on any atom is -0.334 e. The number of benzene rings is 2. The summed E-state index contributed by atoms with van der Waals surface area (Å²) in [5.41, 5.74) is 1.85. The Hall–Kier alpha value is -2.62. The fraction of sp³-hybridized carbons (Fsp3) is 0.0625. The van der Waals surface area contributed by atoms with Crippen molar-refractivity contribution in [3.05, 3.63) is 77.7 Å². The van der Waals surface area contributed by atoms with Gasteiger partial charge < -0.3 is 10.6 Å². The van der Waals surface area contributed by atoms with E-state index in [0.29, 0.717) is 6.54 Å². The Kier molecular flexibility index (Phi) is 4.89. The highest BCUT2D eigenvalue weighted by molar-refractivity contribution is 5.75. The summed E-state index contributed by atoms with van der Waals surface area (Å²) in [7, 11) is 0. The number of carbonyl (C=O) groups is 1. The van der Waals surface area contributed by atoms with Crippen LogP contribution in [0.4, 0.5) is 9.18 Å². The van der Waals surface area contributed by atoms with E-state index < -0.39 is 0 Å². The molecule has 4 heteroatoms. The predicted octanol–water partition coefficient (Wildman–Crippen LogP) is 3.30. The first-order valence-corrected chi connectivity index (χ1v) is 6.24. The minimum absolute atomic E-state index is 0.288. The fourth-order valence-corrected chi connectivity index (χ4v) is 1.61. The summed E-state index contributed by atoms with van der Waals surface area (Å²) in [4.78, 5) is 11.5. The summed E-state index contributed by atoms with van der Waals surface area (Å²) in [6, 6.07) is 15.4. The molecule has 0 heterocycles. The summed E-state index contributed by atoms with van der Waals surface area (Å²) in [5.74, 6) is -0.288. The van der Waals surface area contributed by atoms with Crippen molar-refractivity contribution in [1.29, 1.82) is 0 Å². The van der Waals surface area contributed by atoms with Crippen molar-refractivity contribution in [2.45, 2.75) is 6.54 Å². The van der Waals surface area contributed by atoms with Gasteiger partial charge in [0.1, 0.15) is 5.82 Å². The lowest BCUT2D eigenvalue weighted by Gasteiger charge is -2.04. The average molecular weight is 270 g/mol. The standard InChI is InChI=1S/C16H15FN2O/c17-15-8-6-14(7-9-15)12-19-16(20)18-11-10-13-4-2-1-3-5-13/h1-11H,12H2,(H2,18,19,20)/b11-10+. The molecule has 0 saturated heterocycles. The SMILES string of the molecule is O=C(N/C=C/c1ccccc1)NCc1ccc(F)cc1. The largest absolute Gasteiger partial charge is 0.334 e. The van der Waals surface area contributed by atoms with Crippen molar-refractivity contribution in [2.24, 2.45) is 0 Å². The zero-order chi connectivity index (χ0) is 14.2. The maximum atomic E-state index is 12.7. The number of nitrogens with one attached hydrogen (secondary N) is 2. The van der Waals surface area contributed by atoms with Crippen molar-refractivity contribution in [1.82, 2.24) is 10.6 Å². The van der Waals surface area contributed by atoms with Crippen LogP contribution in [0.3, 0.4) is 0 Å². The molecule has 0 saturated carbocycles. The molecule has 102 valence electrons. The molecular weight excluding hydrogens is 255 g/mol. The van der Waals surface area contributed by atoms with Crippen LogP contribution < -0.4 is 10.6 Å². The Morgan fingerprint density at radius 1 is 1.05 bits per heavy atom. The Morgan fingerprint density at radius 3 is 2.45 bits per heavy atom. The summed E-state index contributed by atoms with van der Waals surface area (Å²) in [5, 5.41) is 5.29. The quantitative estimate of drug-likeness (QED) is 0.879. The third-order valence-electron chi connectivity index (χ3n) is 2.66. The maximum absolute atomic E-state index is 12.7. The molecule has 0 aliphatic rings. The summed E-state index contributed by atoms with van der Waals surface area (Å²) in [6.45, 7) is 0.352. The van der Waals surface area contributed by atoms with E-state index in [0.717, 1.165) is 11.1 Å². The number of urea groups is 1. The molecule has 20 heavy (non-hydrogen) atoms. The van der Waals surface area contributed by atoms with Crippen LogP contribution in [0.15, 0.2) is 60.8 Å². The van der Waals surface area contributed by atoms with Crippen LogP contribution in [0.25, 0.3) is 6.08 Å². The molecule has 0 aliphatic carbocycles. The van der Waals surface area contributed by atoms with E-state index in [2.05, 4.69) is 10.6 Å². The molecule has 0 fully saturated rings. The lowest BCUT2D eigenvalue weighted by molar-refractivity contribution is 0.244. The monoisotopic (exact) mass is 270 g/mol. The number of amides is 2. The van der Waals surface area contributed by atoms with Crippen molar-refractivity contribution in [3.8, 4) is 0 Å². The van der Waals surface area contributed by atoms with Crippen molar-refractivity contribution < 1.29 is 9.18 Å². The molecule has 2 rings (SSSR count). The van der Waals surface area contributed by atoms with Crippen molar-refractivity contribution in [3.63, 3.8) is 0 Å². The lowest BCUT2D eigenvalue weighted by atomic mass is 10.2. The van der Waals surface area contributed by atoms with Crippen molar-refractivity contribution >= 4 is 12.1 Å². The van der Waals surface area contributed by atoms with Crippen LogP contribution in [-0.2, 0) is 6.54 Å². The van der Waals surface area contributed by atoms with Crippen LogP contribution in [0.5, 0.6) is 0 Å². The van der Waals surface area contributed by atoms with E-state index in [1.165, 1.54) is 12.1 Å². The van der Waals surface area contributed by atoms with Gasteiger partial charge in [0.15, 0.2) is 0 Å². The van der Waals surface area contributed by atoms with Gasteiger partial charge in [-0.25, -0.2) is 9.18 Å². The van der Waals surface area contributed by atoms with Gasteiger partial charge in [-0.3, -0.25) is 0 Å². The Morgan fingerprint density at radius 2 is 1.75 bits per heavy atom. The Balaban J connectivity index is 1.76. The van der Waals surface area contributed by atoms with Crippen LogP contribution in [0.2, 0.25) is 0 Å². The van der Waals surface area contributed by atoms with E-state index in [9.17, 15) is 9.18 Å². The molecule has 0 spiro atoms. The second kappa shape index (κ2) is 7.09. The molecule has 2 N–H and O–H groups in total. The van der Waals surface area contributed by atoms with E-state index in [1.54, 1.807) is 24.4 Å². The number of carbonyl (C=O) groups excluding carboxylic acids is 1. The third-order valence-corrected chi connectivity index (χ3v) is 2.66. The molecule has 2 aromatic rings. The van der Waals surface area contributed by atoms with Crippen LogP contribution in [-0.4, -0.2) is 6.03 Å². The molecular formula is C16H15FN2O. The first-order chi connectivity index (χ1) is 9.74. The molecule has 2 amide bonds. The summed E-state index contributed by atoms with van der Waals surface area (Å²) >= 11 is 0. The van der Waals surface area contributed by atoms with Gasteiger partial charge in [-0.05, 0) is 29.3 Å². The van der Waals surface area contributed by atoms with Gasteiger partial charge in [-0.2, -0.15) is 0 Å². The molecule has 0 aliphatic heterocycles. The summed E-state index contributed by atoms with van der Waals surface area (Å²) in [6.07, 6.45) is 3.38. The van der Waals surface area contributed by atoms with Gasteiger partial charge in [0.05, 0.1) is 0 Å². The second-order valence-electron chi connectivity index (χ2n) is 4.20. The highest BCUT2D eigenvalue weighted by Crippen LogP contribution is 2.02. The highest BCUT2D eigenvalue weighted by atomic mass is 19.1. The first kappa shape index (κ1) is 13.8. The molecule has 0 bridgehead atoms. The third kappa shape index (κ3) is 4.57. The molecule has 0 unspecified atom stereocenters. The average Bonchev–Trinajstić information content (AvgIpc) is 2.48. The first-order valence-electron chi connectivity index (χ1n) is 6.24. The zero-order valence-electron chi connectivity index (χ0n) is 10.8. The zero-order valence-corrected chi connectivity index (χ0v) is 10.8. The van der Waals surface area contributed by atoms with E-state index in [-0.39, 0.29) is 11.8 Å². The Bertz CT molecular complexity index is 579. The van der Waals surface area contributed by atoms with Crippen LogP contribution in [0.1, 0.15) is 11.1 Å². The van der Waals surface area contributed by atoms with E-state index >= 15 is 0 Å². The molecule has 0 atom stereocenters. The number of rotatable bonds is 4. The second-order valence-corrected chi connectivity index (χ2v) is 4.20. The van der Waals surface area contributed by atoms with Crippen molar-refractivity contribution in [2.75, 3.05) is 0 Å². The van der Waals surface area contributed by atoms with Gasteiger partial charge in [0.2, 0.25) is 0 Å². The molecule has 0 radical (unpaired) electrons. The highest BCUT2D eigenvalue weighted by Gasteiger charge is 1.98. The van der Waals surface area contributed by atoms with Gasteiger partial charge in [0.25, 0.3) is 0 Å². The van der Waals surface area contributed by atoms with Crippen LogP contribution >= 0.6 is 0 Å². The van der Waals surface area contributed by atoms with Gasteiger partial charge in [-0.15, -0.1) is 0 Å². The molecule has 0 aromatic heterocycles. The maximum Gasteiger partial charge on any atom is 0.319 e. The number of halogens is 1. The topological polar surface area (TPSA) is 41.1 Å². The van der Waals surface area contributed by atoms with E-state index in [1.807, 2.05) is 30.3 Å². The van der Waals surface area contributed by atoms with Gasteiger partial charge in [-0.1, -0.05) is 42.5 Å². The van der Waals surface area contributed by atoms with Gasteiger partial charge >= 0.3 is 6.03 Å². The predicted molar refractivity (Wildman–Crippen MR) is 77.2 cm³/mol. The number of hydrogen-bond acceptors (Lipinski definition) is 1. The normalized spacial score (nSPS) is 10.4. The smallest absolute Gasteiger partial charge is 0.319 e.